The molecule has 0 saturated heterocycles. The molecule has 1 heterocycles. The van der Waals surface area contributed by atoms with Gasteiger partial charge in [0.25, 0.3) is 0 Å². The topological polar surface area (TPSA) is 48.0 Å². The highest BCUT2D eigenvalue weighted by Crippen LogP contribution is 2.13. The van der Waals surface area contributed by atoms with E-state index in [4.69, 9.17) is 5.02 Å². The molecule has 15 heavy (non-hydrogen) atoms. The quantitative estimate of drug-likeness (QED) is 0.617. The molecular weight excluding hydrogens is 187 g/mol. The van der Waals surface area contributed by atoms with Crippen LogP contribution in [0.1, 0.15) is 5.56 Å². The minimum atomic E-state index is 0.746. The van der Waals surface area contributed by atoms with E-state index in [0.717, 1.165) is 36.9 Å². The molecule has 0 spiro atoms. The Kier molecular flexibility index (Phi) is 3.09. The number of fused-ring (bicyclic) bond motifs is 1. The first kappa shape index (κ1) is 10.3. The van der Waals surface area contributed by atoms with Gasteiger partial charge >= 0.3 is 7.48 Å². The van der Waals surface area contributed by atoms with Crippen LogP contribution in [0.3, 0.4) is 0 Å². The van der Waals surface area contributed by atoms with Crippen molar-refractivity contribution in [3.05, 3.63) is 29.8 Å². The molecule has 77 valence electrons. The van der Waals surface area contributed by atoms with E-state index in [1.807, 2.05) is 19.2 Å². The predicted octanol–water partition coefficient (Wildman–Crippen LogP) is 0.167. The Morgan fingerprint density at radius 1 is 1.40 bits per heavy atom. The summed E-state index contributed by atoms with van der Waals surface area (Å²) in [6.45, 7) is 0.981. The van der Waals surface area contributed by atoms with Crippen LogP contribution in [0.25, 0.3) is 10.9 Å². The standard InChI is InChI=1S/C11H14BN2O/c1-13-5-4-8-2-3-10-9(6-8)7-11(12-15)14-10/h2-3,6-7,13-15H,4-5H2,1H3. The van der Waals surface area contributed by atoms with Crippen LogP contribution in [-0.2, 0) is 6.42 Å². The van der Waals surface area contributed by atoms with Crippen molar-refractivity contribution in [3.63, 3.8) is 0 Å². The maximum absolute atomic E-state index is 8.88. The van der Waals surface area contributed by atoms with Gasteiger partial charge in [-0.2, -0.15) is 0 Å². The van der Waals surface area contributed by atoms with Crippen molar-refractivity contribution < 1.29 is 5.02 Å². The van der Waals surface area contributed by atoms with Crippen molar-refractivity contribution in [3.8, 4) is 0 Å². The maximum Gasteiger partial charge on any atom is 0.345 e. The van der Waals surface area contributed by atoms with Crippen LogP contribution in [0, 0.1) is 0 Å². The summed E-state index contributed by atoms with van der Waals surface area (Å²) in [6, 6.07) is 8.25. The summed E-state index contributed by atoms with van der Waals surface area (Å²) in [6.07, 6.45) is 1.02. The van der Waals surface area contributed by atoms with E-state index in [0.29, 0.717) is 0 Å². The van der Waals surface area contributed by atoms with Gasteiger partial charge < -0.3 is 15.3 Å². The van der Waals surface area contributed by atoms with Crippen LogP contribution in [0.5, 0.6) is 0 Å². The molecule has 0 aliphatic heterocycles. The highest BCUT2D eigenvalue weighted by molar-refractivity contribution is 6.45. The number of nitrogens with one attached hydrogen (secondary N) is 2. The monoisotopic (exact) mass is 201 g/mol. The number of aromatic nitrogens is 1. The minimum Gasteiger partial charge on any atom is -0.449 e. The van der Waals surface area contributed by atoms with Gasteiger partial charge in [-0.3, -0.25) is 0 Å². The summed E-state index contributed by atoms with van der Waals surface area (Å²) in [5.74, 6) is 0. The highest BCUT2D eigenvalue weighted by atomic mass is 16.2. The van der Waals surface area contributed by atoms with Crippen molar-refractivity contribution in [2.24, 2.45) is 0 Å². The van der Waals surface area contributed by atoms with Crippen molar-refractivity contribution in [2.45, 2.75) is 6.42 Å². The fourth-order valence-corrected chi connectivity index (χ4v) is 1.70. The van der Waals surface area contributed by atoms with Gasteiger partial charge in [0.2, 0.25) is 0 Å². The Hall–Kier alpha value is -1.26. The summed E-state index contributed by atoms with van der Waals surface area (Å²) in [5, 5.41) is 13.2. The Labute approximate surface area is 89.8 Å². The SMILES string of the molecule is CNCCc1ccc2[nH]c([B]O)cc2c1. The molecule has 0 saturated carbocycles. The van der Waals surface area contributed by atoms with Crippen molar-refractivity contribution >= 4 is 24.0 Å². The number of H-pyrrole nitrogens is 1. The van der Waals surface area contributed by atoms with Gasteiger partial charge in [-0.05, 0) is 49.2 Å². The highest BCUT2D eigenvalue weighted by Gasteiger charge is 2.01. The van der Waals surface area contributed by atoms with E-state index in [9.17, 15) is 0 Å². The van der Waals surface area contributed by atoms with Crippen LogP contribution in [-0.4, -0.2) is 31.1 Å². The molecule has 1 aromatic carbocycles. The summed E-state index contributed by atoms with van der Waals surface area (Å²) >= 11 is 0. The van der Waals surface area contributed by atoms with Gasteiger partial charge in [0.15, 0.2) is 0 Å². The van der Waals surface area contributed by atoms with E-state index in [1.165, 1.54) is 5.56 Å². The second-order valence-corrected chi connectivity index (χ2v) is 3.63. The summed E-state index contributed by atoms with van der Waals surface area (Å²) in [4.78, 5) is 3.11. The van der Waals surface area contributed by atoms with E-state index in [-0.39, 0.29) is 0 Å². The third kappa shape index (κ3) is 2.22. The summed E-state index contributed by atoms with van der Waals surface area (Å²) < 4.78 is 0. The van der Waals surface area contributed by atoms with Crippen molar-refractivity contribution in [1.82, 2.24) is 10.3 Å². The molecule has 0 unspecified atom stereocenters. The van der Waals surface area contributed by atoms with Gasteiger partial charge in [0.1, 0.15) is 0 Å². The Morgan fingerprint density at radius 2 is 2.27 bits per heavy atom. The van der Waals surface area contributed by atoms with Crippen LogP contribution in [0.2, 0.25) is 0 Å². The molecule has 0 amide bonds. The molecule has 3 N–H and O–H groups in total. The number of hydrogen-bond acceptors (Lipinski definition) is 2. The van der Waals surface area contributed by atoms with Crippen LogP contribution >= 0.6 is 0 Å². The molecule has 1 aromatic heterocycles. The zero-order chi connectivity index (χ0) is 10.7. The number of likely N-dealkylation sites (N-methyl/N-ethyl adjacent to an activating group) is 1. The molecule has 0 bridgehead atoms. The molecule has 0 aliphatic rings. The smallest absolute Gasteiger partial charge is 0.345 e. The van der Waals surface area contributed by atoms with E-state index in [2.05, 4.69) is 22.4 Å². The van der Waals surface area contributed by atoms with Gasteiger partial charge in [-0.1, -0.05) is 6.07 Å². The van der Waals surface area contributed by atoms with Crippen molar-refractivity contribution in [2.75, 3.05) is 13.6 Å². The second kappa shape index (κ2) is 4.51. The lowest BCUT2D eigenvalue weighted by atomic mass is 9.96. The molecule has 0 aliphatic carbocycles. The Bertz CT molecular complexity index is 453. The van der Waals surface area contributed by atoms with E-state index >= 15 is 0 Å². The molecular formula is C11H14BN2O. The number of aromatic amines is 1. The van der Waals surface area contributed by atoms with E-state index in [1.54, 1.807) is 0 Å². The van der Waals surface area contributed by atoms with Gasteiger partial charge in [-0.15, -0.1) is 0 Å². The first-order valence-corrected chi connectivity index (χ1v) is 5.07. The molecule has 4 heteroatoms. The summed E-state index contributed by atoms with van der Waals surface area (Å²) in [7, 11) is 3.04. The Morgan fingerprint density at radius 3 is 3.00 bits per heavy atom. The fraction of sp³-hybridized carbons (Fsp3) is 0.273. The van der Waals surface area contributed by atoms with Crippen LogP contribution in [0.15, 0.2) is 24.3 Å². The number of rotatable bonds is 4. The number of hydrogen-bond donors (Lipinski definition) is 3. The normalized spacial score (nSPS) is 10.8. The largest absolute Gasteiger partial charge is 0.449 e. The molecule has 2 aromatic rings. The van der Waals surface area contributed by atoms with E-state index < -0.39 is 0 Å². The lowest BCUT2D eigenvalue weighted by Crippen LogP contribution is -2.13. The van der Waals surface area contributed by atoms with Gasteiger partial charge in [0, 0.05) is 11.1 Å². The second-order valence-electron chi connectivity index (χ2n) is 3.63. The molecule has 0 atom stereocenters. The lowest BCUT2D eigenvalue weighted by molar-refractivity contribution is 0.614. The maximum atomic E-state index is 8.88. The summed E-state index contributed by atoms with van der Waals surface area (Å²) in [5.41, 5.74) is 3.11. The predicted molar refractivity (Wildman–Crippen MR) is 63.5 cm³/mol. The third-order valence-corrected chi connectivity index (χ3v) is 2.51. The van der Waals surface area contributed by atoms with Crippen LogP contribution < -0.4 is 10.9 Å². The lowest BCUT2D eigenvalue weighted by Gasteiger charge is -2.00. The zero-order valence-electron chi connectivity index (χ0n) is 8.75. The molecule has 1 radical (unpaired) electrons. The fourth-order valence-electron chi connectivity index (χ4n) is 1.70. The van der Waals surface area contributed by atoms with Gasteiger partial charge in [0.05, 0.1) is 0 Å². The average Bonchev–Trinajstić information content (AvgIpc) is 2.68. The van der Waals surface area contributed by atoms with Gasteiger partial charge in [-0.25, -0.2) is 0 Å². The molecule has 0 fully saturated rings. The molecule has 3 nitrogen and oxygen atoms in total. The minimum absolute atomic E-state index is 0.746. The van der Waals surface area contributed by atoms with Crippen LogP contribution in [0.4, 0.5) is 0 Å². The average molecular weight is 201 g/mol. The first-order chi connectivity index (χ1) is 7.33. The number of benzene rings is 1. The first-order valence-electron chi connectivity index (χ1n) is 5.07. The zero-order valence-corrected chi connectivity index (χ0v) is 8.75. The molecule has 2 rings (SSSR count). The third-order valence-electron chi connectivity index (χ3n) is 2.51. The van der Waals surface area contributed by atoms with Crippen molar-refractivity contribution in [1.29, 1.82) is 0 Å². The Balaban J connectivity index is 2.29.